The number of rotatable bonds is 6. The van der Waals surface area contributed by atoms with E-state index in [-0.39, 0.29) is 18.6 Å². The summed E-state index contributed by atoms with van der Waals surface area (Å²) in [6.45, 7) is 1.39. The van der Waals surface area contributed by atoms with Crippen molar-refractivity contribution in [2.45, 2.75) is 25.5 Å². The van der Waals surface area contributed by atoms with Crippen LogP contribution in [0.5, 0.6) is 0 Å². The summed E-state index contributed by atoms with van der Waals surface area (Å²) in [5.41, 5.74) is 1.11. The van der Waals surface area contributed by atoms with Gasteiger partial charge in [0.05, 0.1) is 26.1 Å². The number of piperidine rings is 1. The Balaban J connectivity index is 1.85. The van der Waals surface area contributed by atoms with E-state index in [0.717, 1.165) is 12.0 Å². The minimum Gasteiger partial charge on any atom is -0.395 e. The minimum absolute atomic E-state index is 0.120. The quantitative estimate of drug-likeness (QED) is 0.858. The third-order valence-electron chi connectivity index (χ3n) is 3.86. The molecule has 0 amide bonds. The number of aliphatic hydroxyl groups excluding tert-OH is 1. The van der Waals surface area contributed by atoms with Gasteiger partial charge in [-0.25, -0.2) is 8.42 Å². The van der Waals surface area contributed by atoms with Gasteiger partial charge in [-0.1, -0.05) is 30.3 Å². The zero-order chi connectivity index (χ0) is 15.3. The van der Waals surface area contributed by atoms with E-state index in [1.54, 1.807) is 0 Å². The molecule has 1 fully saturated rings. The maximum atomic E-state index is 11.8. The normalized spacial score (nSPS) is 24.1. The zero-order valence-corrected chi connectivity index (χ0v) is 13.1. The Kier molecular flexibility index (Phi) is 5.75. The molecular weight excluding hydrogens is 290 g/mol. The third kappa shape index (κ3) is 4.78. The molecule has 1 heterocycles. The first-order valence-electron chi connectivity index (χ1n) is 7.20. The Labute approximate surface area is 126 Å². The number of benzene rings is 1. The molecule has 6 heteroatoms. The number of aliphatic hydroxyl groups is 1. The summed E-state index contributed by atoms with van der Waals surface area (Å²) in [5.74, 6) is 0.186. The van der Waals surface area contributed by atoms with E-state index in [0.29, 0.717) is 26.2 Å². The molecule has 1 aliphatic rings. The highest BCUT2D eigenvalue weighted by molar-refractivity contribution is 7.88. The van der Waals surface area contributed by atoms with Crippen molar-refractivity contribution >= 4 is 10.0 Å². The van der Waals surface area contributed by atoms with Crippen LogP contribution in [0.4, 0.5) is 0 Å². The van der Waals surface area contributed by atoms with Crippen molar-refractivity contribution in [2.24, 2.45) is 5.92 Å². The lowest BCUT2D eigenvalue weighted by atomic mass is 9.96. The first-order valence-corrected chi connectivity index (χ1v) is 9.05. The molecule has 0 aliphatic carbocycles. The topological polar surface area (TPSA) is 66.8 Å². The lowest BCUT2D eigenvalue weighted by Gasteiger charge is -2.36. The van der Waals surface area contributed by atoms with Crippen LogP contribution in [0.15, 0.2) is 30.3 Å². The van der Waals surface area contributed by atoms with Gasteiger partial charge in [-0.2, -0.15) is 4.31 Å². The van der Waals surface area contributed by atoms with Crippen LogP contribution in [0.25, 0.3) is 0 Å². The molecule has 2 atom stereocenters. The van der Waals surface area contributed by atoms with Gasteiger partial charge in [0, 0.05) is 12.6 Å². The monoisotopic (exact) mass is 313 g/mol. The summed E-state index contributed by atoms with van der Waals surface area (Å²) in [6.07, 6.45) is 2.76. The molecule has 2 unspecified atom stereocenters. The Hall–Kier alpha value is -0.950. The van der Waals surface area contributed by atoms with Gasteiger partial charge in [0.25, 0.3) is 0 Å². The molecule has 21 heavy (non-hydrogen) atoms. The molecule has 1 saturated heterocycles. The Morgan fingerprint density at radius 2 is 2.00 bits per heavy atom. The predicted molar refractivity (Wildman–Crippen MR) is 81.2 cm³/mol. The van der Waals surface area contributed by atoms with E-state index < -0.39 is 10.0 Å². The van der Waals surface area contributed by atoms with Crippen LogP contribution < -0.4 is 0 Å². The minimum atomic E-state index is -3.28. The van der Waals surface area contributed by atoms with Crippen LogP contribution in [0, 0.1) is 5.92 Å². The Morgan fingerprint density at radius 3 is 2.62 bits per heavy atom. The standard InChI is InChI=1S/C15H23NO4S/c1-21(18,19)16-9-14(7-8-15(16)10-17)12-20-11-13-5-3-2-4-6-13/h2-6,14-15,17H,7-12H2,1H3. The average molecular weight is 313 g/mol. The van der Waals surface area contributed by atoms with Gasteiger partial charge < -0.3 is 9.84 Å². The van der Waals surface area contributed by atoms with Gasteiger partial charge in [-0.05, 0) is 24.3 Å². The van der Waals surface area contributed by atoms with Crippen molar-refractivity contribution in [3.8, 4) is 0 Å². The highest BCUT2D eigenvalue weighted by Crippen LogP contribution is 2.24. The van der Waals surface area contributed by atoms with Crippen molar-refractivity contribution in [1.29, 1.82) is 0 Å². The molecule has 118 valence electrons. The summed E-state index contributed by atoms with van der Waals surface area (Å²) >= 11 is 0. The summed E-state index contributed by atoms with van der Waals surface area (Å²) in [5, 5.41) is 9.30. The Morgan fingerprint density at radius 1 is 1.29 bits per heavy atom. The molecule has 1 aromatic carbocycles. The molecule has 2 rings (SSSR count). The van der Waals surface area contributed by atoms with Crippen LogP contribution >= 0.6 is 0 Å². The SMILES string of the molecule is CS(=O)(=O)N1CC(COCc2ccccc2)CCC1CO. The molecule has 0 spiro atoms. The van der Waals surface area contributed by atoms with Crippen molar-refractivity contribution < 1.29 is 18.3 Å². The smallest absolute Gasteiger partial charge is 0.211 e. The maximum Gasteiger partial charge on any atom is 0.211 e. The Bertz CT molecular complexity index is 532. The summed E-state index contributed by atoms with van der Waals surface area (Å²) in [7, 11) is -3.28. The van der Waals surface area contributed by atoms with E-state index in [2.05, 4.69) is 0 Å². The zero-order valence-electron chi connectivity index (χ0n) is 12.3. The second-order valence-electron chi connectivity index (χ2n) is 5.61. The molecule has 5 nitrogen and oxygen atoms in total. The van der Waals surface area contributed by atoms with Gasteiger partial charge in [0.1, 0.15) is 0 Å². The molecule has 1 aromatic rings. The van der Waals surface area contributed by atoms with Crippen molar-refractivity contribution in [3.05, 3.63) is 35.9 Å². The van der Waals surface area contributed by atoms with Gasteiger partial charge in [-0.15, -0.1) is 0 Å². The van der Waals surface area contributed by atoms with E-state index in [9.17, 15) is 13.5 Å². The number of hydrogen-bond acceptors (Lipinski definition) is 4. The number of ether oxygens (including phenoxy) is 1. The van der Waals surface area contributed by atoms with Crippen molar-refractivity contribution in [2.75, 3.05) is 26.0 Å². The van der Waals surface area contributed by atoms with E-state index in [1.807, 2.05) is 30.3 Å². The second kappa shape index (κ2) is 7.35. The first kappa shape index (κ1) is 16.4. The molecule has 0 radical (unpaired) electrons. The highest BCUT2D eigenvalue weighted by Gasteiger charge is 2.33. The lowest BCUT2D eigenvalue weighted by molar-refractivity contribution is 0.0468. The summed E-state index contributed by atoms with van der Waals surface area (Å²) in [4.78, 5) is 0. The number of hydrogen-bond donors (Lipinski definition) is 1. The third-order valence-corrected chi connectivity index (χ3v) is 5.15. The molecule has 1 N–H and O–H groups in total. The van der Waals surface area contributed by atoms with Gasteiger partial charge in [0.15, 0.2) is 0 Å². The van der Waals surface area contributed by atoms with Gasteiger partial charge >= 0.3 is 0 Å². The molecule has 0 bridgehead atoms. The second-order valence-corrected chi connectivity index (χ2v) is 7.55. The average Bonchev–Trinajstić information content (AvgIpc) is 2.47. The predicted octanol–water partition coefficient (Wildman–Crippen LogP) is 1.24. The molecule has 1 aliphatic heterocycles. The molecule has 0 saturated carbocycles. The van der Waals surface area contributed by atoms with Gasteiger partial charge in [0.2, 0.25) is 10.0 Å². The fourth-order valence-corrected chi connectivity index (χ4v) is 3.90. The largest absolute Gasteiger partial charge is 0.395 e. The number of nitrogens with zero attached hydrogens (tertiary/aromatic N) is 1. The molecular formula is C15H23NO4S. The first-order chi connectivity index (χ1) is 10.0. The van der Waals surface area contributed by atoms with Crippen LogP contribution in [0.2, 0.25) is 0 Å². The van der Waals surface area contributed by atoms with E-state index >= 15 is 0 Å². The van der Waals surface area contributed by atoms with Crippen LogP contribution in [0.3, 0.4) is 0 Å². The van der Waals surface area contributed by atoms with Crippen molar-refractivity contribution in [1.82, 2.24) is 4.31 Å². The fraction of sp³-hybridized carbons (Fsp3) is 0.600. The van der Waals surface area contributed by atoms with Crippen molar-refractivity contribution in [3.63, 3.8) is 0 Å². The van der Waals surface area contributed by atoms with Crippen LogP contribution in [-0.2, 0) is 21.4 Å². The lowest BCUT2D eigenvalue weighted by Crippen LogP contribution is -2.48. The highest BCUT2D eigenvalue weighted by atomic mass is 32.2. The van der Waals surface area contributed by atoms with Gasteiger partial charge in [-0.3, -0.25) is 0 Å². The summed E-state index contributed by atoms with van der Waals surface area (Å²) in [6, 6.07) is 9.62. The van der Waals surface area contributed by atoms with E-state index in [4.69, 9.17) is 4.74 Å². The number of sulfonamides is 1. The fourth-order valence-electron chi connectivity index (χ4n) is 2.71. The summed E-state index contributed by atoms with van der Waals surface area (Å²) < 4.78 is 30.7. The van der Waals surface area contributed by atoms with Crippen LogP contribution in [0.1, 0.15) is 18.4 Å². The molecule has 0 aromatic heterocycles. The van der Waals surface area contributed by atoms with Crippen LogP contribution in [-0.4, -0.2) is 49.9 Å². The van der Waals surface area contributed by atoms with E-state index in [1.165, 1.54) is 10.6 Å². The maximum absolute atomic E-state index is 11.8.